The van der Waals surface area contributed by atoms with Crippen molar-refractivity contribution in [1.29, 1.82) is 0 Å². The Labute approximate surface area is 180 Å². The highest BCUT2D eigenvalue weighted by Crippen LogP contribution is 2.39. The number of carbonyl (C=O) groups excluding carboxylic acids is 1. The highest BCUT2D eigenvalue weighted by atomic mass is 35.5. The van der Waals surface area contributed by atoms with Gasteiger partial charge in [-0.15, -0.1) is 0 Å². The van der Waals surface area contributed by atoms with E-state index >= 15 is 0 Å². The number of halogens is 1. The number of carbonyl (C=O) groups is 1. The third kappa shape index (κ3) is 4.87. The molecule has 13 heteroatoms. The summed E-state index contributed by atoms with van der Waals surface area (Å²) in [4.78, 5) is 34.8. The fourth-order valence-corrected chi connectivity index (χ4v) is 2.75. The number of anilines is 3. The van der Waals surface area contributed by atoms with Gasteiger partial charge < -0.3 is 14.8 Å². The summed E-state index contributed by atoms with van der Waals surface area (Å²) < 4.78 is 10.4. The first-order valence-electron chi connectivity index (χ1n) is 8.59. The number of aromatic nitrogens is 3. The van der Waals surface area contributed by atoms with E-state index in [1.54, 1.807) is 0 Å². The van der Waals surface area contributed by atoms with Crippen molar-refractivity contribution in [2.75, 3.05) is 25.0 Å². The van der Waals surface area contributed by atoms with E-state index in [4.69, 9.17) is 21.1 Å². The van der Waals surface area contributed by atoms with Crippen molar-refractivity contribution in [1.82, 2.24) is 20.4 Å². The lowest BCUT2D eigenvalue weighted by Gasteiger charge is -2.14. The number of pyridine rings is 1. The molecule has 2 heterocycles. The van der Waals surface area contributed by atoms with Crippen molar-refractivity contribution in [3.63, 3.8) is 0 Å². The second-order valence-corrected chi connectivity index (χ2v) is 6.21. The van der Waals surface area contributed by atoms with Gasteiger partial charge in [-0.2, -0.15) is 0 Å². The zero-order valence-electron chi connectivity index (χ0n) is 16.2. The van der Waals surface area contributed by atoms with Crippen LogP contribution in [0, 0.1) is 10.1 Å². The van der Waals surface area contributed by atoms with E-state index in [9.17, 15) is 14.9 Å². The zero-order chi connectivity index (χ0) is 22.4. The normalized spacial score (nSPS) is 10.2. The van der Waals surface area contributed by atoms with Crippen LogP contribution in [0.15, 0.2) is 43.0 Å². The molecule has 3 rings (SSSR count). The number of nitro groups is 1. The molecular weight excluding hydrogens is 430 g/mol. The summed E-state index contributed by atoms with van der Waals surface area (Å²) in [6, 6.07) is 5.96. The monoisotopic (exact) mass is 445 g/mol. The molecule has 31 heavy (non-hydrogen) atoms. The summed E-state index contributed by atoms with van der Waals surface area (Å²) in [7, 11) is 2.87. The Morgan fingerprint density at radius 1 is 1.10 bits per heavy atom. The van der Waals surface area contributed by atoms with E-state index in [1.165, 1.54) is 50.9 Å². The molecule has 1 amide bonds. The zero-order valence-corrected chi connectivity index (χ0v) is 17.0. The van der Waals surface area contributed by atoms with Gasteiger partial charge in [0.05, 0.1) is 29.9 Å². The highest BCUT2D eigenvalue weighted by Gasteiger charge is 2.25. The van der Waals surface area contributed by atoms with Crippen LogP contribution in [0.25, 0.3) is 0 Å². The molecule has 0 unspecified atom stereocenters. The smallest absolute Gasteiger partial charge is 0.355 e. The fourth-order valence-electron chi connectivity index (χ4n) is 2.51. The van der Waals surface area contributed by atoms with E-state index in [2.05, 4.69) is 31.1 Å². The summed E-state index contributed by atoms with van der Waals surface area (Å²) in [5, 5.41) is 14.8. The first-order valence-corrected chi connectivity index (χ1v) is 8.96. The highest BCUT2D eigenvalue weighted by molar-refractivity contribution is 6.32. The molecule has 1 aromatic carbocycles. The number of amides is 1. The van der Waals surface area contributed by atoms with E-state index < -0.39 is 16.5 Å². The van der Waals surface area contributed by atoms with Crippen LogP contribution in [0.1, 0.15) is 10.4 Å². The maximum atomic E-state index is 12.2. The minimum absolute atomic E-state index is 0.153. The predicted molar refractivity (Wildman–Crippen MR) is 112 cm³/mol. The summed E-state index contributed by atoms with van der Waals surface area (Å²) in [6.07, 6.45) is 3.97. The SMILES string of the molecule is COc1cc(OC)c(Nc2ncnc(NNC(=O)c3ccncc3)c2[N+](=O)[O-])cc1Cl. The molecule has 3 aromatic rings. The predicted octanol–water partition coefficient (Wildman–Crippen LogP) is 2.95. The molecule has 0 fully saturated rings. The third-order valence-corrected chi connectivity index (χ3v) is 4.26. The summed E-state index contributed by atoms with van der Waals surface area (Å²) in [5.41, 5.74) is 4.89. The van der Waals surface area contributed by atoms with Crippen LogP contribution in [0.2, 0.25) is 5.02 Å². The molecule has 0 saturated heterocycles. The van der Waals surface area contributed by atoms with Gasteiger partial charge in [0.1, 0.15) is 17.8 Å². The van der Waals surface area contributed by atoms with Gasteiger partial charge in [-0.3, -0.25) is 30.7 Å². The van der Waals surface area contributed by atoms with Gasteiger partial charge in [0, 0.05) is 24.0 Å². The quantitative estimate of drug-likeness (QED) is 0.348. The number of nitrogens with one attached hydrogen (secondary N) is 3. The lowest BCUT2D eigenvalue weighted by molar-refractivity contribution is -0.383. The first-order chi connectivity index (χ1) is 14.9. The molecule has 2 aromatic heterocycles. The second kappa shape index (κ2) is 9.54. The van der Waals surface area contributed by atoms with Crippen LogP contribution in [0.5, 0.6) is 11.5 Å². The van der Waals surface area contributed by atoms with E-state index in [-0.39, 0.29) is 16.7 Å². The Bertz CT molecular complexity index is 1110. The van der Waals surface area contributed by atoms with Gasteiger partial charge >= 0.3 is 5.69 Å². The Morgan fingerprint density at radius 3 is 2.42 bits per heavy atom. The van der Waals surface area contributed by atoms with Crippen LogP contribution in [-0.2, 0) is 0 Å². The molecule has 0 aliphatic rings. The number of ether oxygens (including phenoxy) is 2. The van der Waals surface area contributed by atoms with Crippen molar-refractivity contribution in [3.05, 3.63) is 63.7 Å². The van der Waals surface area contributed by atoms with Crippen molar-refractivity contribution in [2.45, 2.75) is 0 Å². The van der Waals surface area contributed by atoms with Gasteiger partial charge in [-0.05, 0) is 18.2 Å². The number of methoxy groups -OCH3 is 2. The second-order valence-electron chi connectivity index (χ2n) is 5.80. The Morgan fingerprint density at radius 2 is 1.77 bits per heavy atom. The molecule has 0 saturated carbocycles. The lowest BCUT2D eigenvalue weighted by Crippen LogP contribution is -2.30. The van der Waals surface area contributed by atoms with Gasteiger partial charge in [0.25, 0.3) is 5.91 Å². The number of hydrogen-bond donors (Lipinski definition) is 3. The van der Waals surface area contributed by atoms with Crippen LogP contribution in [0.3, 0.4) is 0 Å². The Hall–Kier alpha value is -4.19. The molecule has 0 spiro atoms. The van der Waals surface area contributed by atoms with E-state index in [0.29, 0.717) is 22.7 Å². The number of nitrogens with zero attached hydrogens (tertiary/aromatic N) is 4. The van der Waals surface area contributed by atoms with Crippen LogP contribution in [0.4, 0.5) is 23.0 Å². The van der Waals surface area contributed by atoms with Gasteiger partial charge in [-0.25, -0.2) is 9.97 Å². The topological polar surface area (TPSA) is 153 Å². The van der Waals surface area contributed by atoms with Gasteiger partial charge in [0.2, 0.25) is 11.6 Å². The molecule has 0 atom stereocenters. The average Bonchev–Trinajstić information content (AvgIpc) is 2.78. The van der Waals surface area contributed by atoms with Crippen molar-refractivity contribution >= 4 is 40.5 Å². The van der Waals surface area contributed by atoms with Crippen molar-refractivity contribution < 1.29 is 19.2 Å². The van der Waals surface area contributed by atoms with E-state index in [1.807, 2.05) is 0 Å². The molecule has 160 valence electrons. The molecule has 12 nitrogen and oxygen atoms in total. The lowest BCUT2D eigenvalue weighted by atomic mass is 10.2. The Balaban J connectivity index is 1.90. The van der Waals surface area contributed by atoms with Crippen molar-refractivity contribution in [2.24, 2.45) is 0 Å². The summed E-state index contributed by atoms with van der Waals surface area (Å²) in [6.45, 7) is 0. The summed E-state index contributed by atoms with van der Waals surface area (Å²) >= 11 is 6.15. The molecule has 0 bridgehead atoms. The maximum absolute atomic E-state index is 12.2. The number of hydrazine groups is 1. The molecule has 0 aliphatic carbocycles. The average molecular weight is 446 g/mol. The molecule has 3 N–H and O–H groups in total. The maximum Gasteiger partial charge on any atom is 0.355 e. The van der Waals surface area contributed by atoms with Crippen LogP contribution >= 0.6 is 11.6 Å². The largest absolute Gasteiger partial charge is 0.495 e. The van der Waals surface area contributed by atoms with Gasteiger partial charge in [-0.1, -0.05) is 11.6 Å². The Kier molecular flexibility index (Phi) is 6.62. The number of rotatable bonds is 8. The minimum Gasteiger partial charge on any atom is -0.495 e. The van der Waals surface area contributed by atoms with Gasteiger partial charge in [0.15, 0.2) is 0 Å². The van der Waals surface area contributed by atoms with Crippen molar-refractivity contribution in [3.8, 4) is 11.5 Å². The number of benzene rings is 1. The van der Waals surface area contributed by atoms with E-state index in [0.717, 1.165) is 6.33 Å². The fraction of sp³-hybridized carbons (Fsp3) is 0.111. The third-order valence-electron chi connectivity index (χ3n) is 3.97. The first kappa shape index (κ1) is 21.5. The summed E-state index contributed by atoms with van der Waals surface area (Å²) in [5.74, 6) is -0.241. The van der Waals surface area contributed by atoms with Crippen LogP contribution < -0.4 is 25.6 Å². The minimum atomic E-state index is -0.694. The standard InChI is InChI=1S/C18H16ClN7O5/c1-30-13-8-14(31-2)12(7-11(13)19)23-16-15(26(28)29)17(22-9-21-16)24-25-18(27)10-3-5-20-6-4-10/h3-9H,1-2H3,(H,25,27)(H2,21,22,23,24). The molecule has 0 aliphatic heterocycles. The molecular formula is C18H16ClN7O5. The number of hydrogen-bond acceptors (Lipinski definition) is 10. The molecule has 0 radical (unpaired) electrons. The van der Waals surface area contributed by atoms with Crippen LogP contribution in [-0.4, -0.2) is 40.0 Å².